The maximum Gasteiger partial charge on any atom is 0.123 e. The molecule has 0 amide bonds. The van der Waals surface area contributed by atoms with Gasteiger partial charge in [-0.3, -0.25) is 0 Å². The molecule has 2 N–H and O–H groups in total. The Hall–Kier alpha value is -1.09. The molecular weight excluding hydrogens is 227 g/mol. The number of anilines is 1. The summed E-state index contributed by atoms with van der Waals surface area (Å²) in [6, 6.07) is 4.77. The highest BCUT2D eigenvalue weighted by molar-refractivity contribution is 5.55. The molecule has 0 fully saturated rings. The van der Waals surface area contributed by atoms with E-state index in [0.29, 0.717) is 5.92 Å². The minimum absolute atomic E-state index is 0.151. The highest BCUT2D eigenvalue weighted by atomic mass is 19.1. The van der Waals surface area contributed by atoms with Gasteiger partial charge in [-0.15, -0.1) is 0 Å². The second-order valence-electron chi connectivity index (χ2n) is 5.04. The van der Waals surface area contributed by atoms with Crippen LogP contribution in [-0.2, 0) is 0 Å². The first-order valence-electron chi connectivity index (χ1n) is 6.79. The number of hydrogen-bond donors (Lipinski definition) is 1. The van der Waals surface area contributed by atoms with Crippen LogP contribution in [0.1, 0.15) is 45.7 Å². The number of benzene rings is 1. The van der Waals surface area contributed by atoms with Gasteiger partial charge in [0.15, 0.2) is 0 Å². The van der Waals surface area contributed by atoms with E-state index in [9.17, 15) is 4.39 Å². The average Bonchev–Trinajstić information content (AvgIpc) is 2.35. The van der Waals surface area contributed by atoms with E-state index in [-0.39, 0.29) is 11.9 Å². The number of nitrogens with zero attached hydrogens (tertiary/aromatic N) is 1. The van der Waals surface area contributed by atoms with Crippen molar-refractivity contribution in [2.75, 3.05) is 18.0 Å². The fraction of sp³-hybridized carbons (Fsp3) is 0.600. The van der Waals surface area contributed by atoms with Crippen molar-refractivity contribution in [3.63, 3.8) is 0 Å². The van der Waals surface area contributed by atoms with E-state index in [4.69, 9.17) is 5.73 Å². The van der Waals surface area contributed by atoms with Crippen molar-refractivity contribution >= 4 is 5.69 Å². The normalized spacial score (nSPS) is 14.3. The molecule has 0 heterocycles. The van der Waals surface area contributed by atoms with Crippen LogP contribution in [0.4, 0.5) is 10.1 Å². The first kappa shape index (κ1) is 15.0. The zero-order valence-corrected chi connectivity index (χ0v) is 11.9. The molecule has 1 aromatic rings. The summed E-state index contributed by atoms with van der Waals surface area (Å²) in [5.74, 6) is 0.404. The van der Waals surface area contributed by atoms with Gasteiger partial charge >= 0.3 is 0 Å². The lowest BCUT2D eigenvalue weighted by molar-refractivity contribution is 0.545. The number of halogens is 1. The standard InChI is InChI=1S/C15H25FN2/c1-5-11(3)10-18(6-2)15-8-7-13(16)9-14(15)12(4)17/h7-9,11-12H,5-6,10,17H2,1-4H3/t11?,12-/m0/s1. The van der Waals surface area contributed by atoms with Gasteiger partial charge in [0, 0.05) is 24.8 Å². The van der Waals surface area contributed by atoms with E-state index >= 15 is 0 Å². The minimum atomic E-state index is -0.217. The molecule has 0 aliphatic rings. The number of rotatable bonds is 6. The molecular formula is C15H25FN2. The highest BCUT2D eigenvalue weighted by Crippen LogP contribution is 2.27. The third kappa shape index (κ3) is 3.70. The van der Waals surface area contributed by atoms with Crippen LogP contribution in [0.3, 0.4) is 0 Å². The van der Waals surface area contributed by atoms with Crippen LogP contribution >= 0.6 is 0 Å². The van der Waals surface area contributed by atoms with Crippen molar-refractivity contribution in [1.29, 1.82) is 0 Å². The first-order chi connectivity index (χ1) is 8.49. The summed E-state index contributed by atoms with van der Waals surface area (Å²) in [5.41, 5.74) is 7.90. The van der Waals surface area contributed by atoms with Crippen molar-refractivity contribution in [2.24, 2.45) is 11.7 Å². The zero-order chi connectivity index (χ0) is 13.7. The SMILES string of the molecule is CCC(C)CN(CC)c1ccc(F)cc1[C@H](C)N. The molecule has 18 heavy (non-hydrogen) atoms. The summed E-state index contributed by atoms with van der Waals surface area (Å²) in [5, 5.41) is 0. The first-order valence-corrected chi connectivity index (χ1v) is 6.79. The predicted octanol–water partition coefficient (Wildman–Crippen LogP) is 3.72. The van der Waals surface area contributed by atoms with Crippen molar-refractivity contribution in [1.82, 2.24) is 0 Å². The van der Waals surface area contributed by atoms with E-state index in [1.807, 2.05) is 13.0 Å². The van der Waals surface area contributed by atoms with Gasteiger partial charge in [-0.25, -0.2) is 4.39 Å². The van der Waals surface area contributed by atoms with Gasteiger partial charge in [0.1, 0.15) is 5.82 Å². The van der Waals surface area contributed by atoms with E-state index in [2.05, 4.69) is 25.7 Å². The molecule has 0 aliphatic heterocycles. The molecule has 0 radical (unpaired) electrons. The molecule has 0 saturated heterocycles. The summed E-state index contributed by atoms with van der Waals surface area (Å²) >= 11 is 0. The van der Waals surface area contributed by atoms with Crippen LogP contribution in [0.15, 0.2) is 18.2 Å². The Morgan fingerprint density at radius 2 is 1.94 bits per heavy atom. The van der Waals surface area contributed by atoms with Gasteiger partial charge in [-0.05, 0) is 43.5 Å². The minimum Gasteiger partial charge on any atom is -0.371 e. The molecule has 102 valence electrons. The highest BCUT2D eigenvalue weighted by Gasteiger charge is 2.15. The second-order valence-corrected chi connectivity index (χ2v) is 5.04. The topological polar surface area (TPSA) is 29.3 Å². The quantitative estimate of drug-likeness (QED) is 0.836. The largest absolute Gasteiger partial charge is 0.371 e. The molecule has 2 atom stereocenters. The molecule has 2 nitrogen and oxygen atoms in total. The van der Waals surface area contributed by atoms with Gasteiger partial charge in [-0.2, -0.15) is 0 Å². The summed E-state index contributed by atoms with van der Waals surface area (Å²) in [7, 11) is 0. The molecule has 0 bridgehead atoms. The summed E-state index contributed by atoms with van der Waals surface area (Å²) in [6.45, 7) is 10.3. The Balaban J connectivity index is 3.04. The van der Waals surface area contributed by atoms with E-state index in [1.54, 1.807) is 6.07 Å². The van der Waals surface area contributed by atoms with Crippen molar-refractivity contribution in [2.45, 2.75) is 40.2 Å². The molecule has 1 rings (SSSR count). The molecule has 1 aromatic carbocycles. The van der Waals surface area contributed by atoms with Crippen LogP contribution in [0.25, 0.3) is 0 Å². The van der Waals surface area contributed by atoms with Crippen LogP contribution in [0.2, 0.25) is 0 Å². The van der Waals surface area contributed by atoms with Crippen LogP contribution in [0.5, 0.6) is 0 Å². The molecule has 3 heteroatoms. The lowest BCUT2D eigenvalue weighted by Crippen LogP contribution is -2.29. The van der Waals surface area contributed by atoms with E-state index < -0.39 is 0 Å². The van der Waals surface area contributed by atoms with Crippen LogP contribution < -0.4 is 10.6 Å². The molecule has 0 aliphatic carbocycles. The van der Waals surface area contributed by atoms with Gasteiger partial charge in [0.2, 0.25) is 0 Å². The monoisotopic (exact) mass is 252 g/mol. The van der Waals surface area contributed by atoms with Crippen LogP contribution in [-0.4, -0.2) is 13.1 Å². The van der Waals surface area contributed by atoms with Gasteiger partial charge in [0.05, 0.1) is 0 Å². The van der Waals surface area contributed by atoms with Crippen LogP contribution in [0, 0.1) is 11.7 Å². The van der Waals surface area contributed by atoms with Gasteiger partial charge < -0.3 is 10.6 Å². The van der Waals surface area contributed by atoms with E-state index in [0.717, 1.165) is 30.8 Å². The zero-order valence-electron chi connectivity index (χ0n) is 11.9. The average molecular weight is 252 g/mol. The predicted molar refractivity (Wildman–Crippen MR) is 76.3 cm³/mol. The van der Waals surface area contributed by atoms with E-state index in [1.165, 1.54) is 6.07 Å². The Bertz CT molecular complexity index is 377. The summed E-state index contributed by atoms with van der Waals surface area (Å²) in [6.07, 6.45) is 1.14. The summed E-state index contributed by atoms with van der Waals surface area (Å²) in [4.78, 5) is 2.28. The molecule has 0 spiro atoms. The van der Waals surface area contributed by atoms with Crippen molar-refractivity contribution in [3.05, 3.63) is 29.6 Å². The Morgan fingerprint density at radius 1 is 1.28 bits per heavy atom. The van der Waals surface area contributed by atoms with Crippen molar-refractivity contribution in [3.8, 4) is 0 Å². The third-order valence-corrected chi connectivity index (χ3v) is 3.43. The lowest BCUT2D eigenvalue weighted by Gasteiger charge is -2.29. The summed E-state index contributed by atoms with van der Waals surface area (Å²) < 4.78 is 13.3. The second kappa shape index (κ2) is 6.74. The van der Waals surface area contributed by atoms with Gasteiger partial charge in [0.25, 0.3) is 0 Å². The number of nitrogens with two attached hydrogens (primary N) is 1. The Morgan fingerprint density at radius 3 is 2.44 bits per heavy atom. The van der Waals surface area contributed by atoms with Gasteiger partial charge in [-0.1, -0.05) is 20.3 Å². The molecule has 0 aromatic heterocycles. The molecule has 0 saturated carbocycles. The fourth-order valence-corrected chi connectivity index (χ4v) is 2.08. The fourth-order valence-electron chi connectivity index (χ4n) is 2.08. The molecule has 1 unspecified atom stereocenters. The lowest BCUT2D eigenvalue weighted by atomic mass is 10.0. The smallest absolute Gasteiger partial charge is 0.123 e. The Labute approximate surface area is 110 Å². The van der Waals surface area contributed by atoms with Crippen molar-refractivity contribution < 1.29 is 4.39 Å². The Kier molecular flexibility index (Phi) is 5.60. The maximum absolute atomic E-state index is 13.3. The third-order valence-electron chi connectivity index (χ3n) is 3.43. The number of hydrogen-bond acceptors (Lipinski definition) is 2. The maximum atomic E-state index is 13.3.